The number of ketones is 1. The molecular formula is C20H22N2O4. The molecule has 1 aliphatic rings. The Hall–Kier alpha value is -3.02. The van der Waals surface area contributed by atoms with Gasteiger partial charge in [-0.15, -0.1) is 0 Å². The summed E-state index contributed by atoms with van der Waals surface area (Å²) in [6, 6.07) is 9.33. The number of nitrogens with one attached hydrogen (secondary N) is 1. The van der Waals surface area contributed by atoms with Crippen LogP contribution in [0.5, 0.6) is 11.5 Å². The van der Waals surface area contributed by atoms with E-state index in [1.54, 1.807) is 12.1 Å². The van der Waals surface area contributed by atoms with Crippen molar-refractivity contribution in [1.29, 1.82) is 0 Å². The van der Waals surface area contributed by atoms with Gasteiger partial charge in [-0.3, -0.25) is 9.59 Å². The first-order valence-electron chi connectivity index (χ1n) is 8.38. The number of nitrogens with zero attached hydrogens (tertiary/aromatic N) is 1. The standard InChI is InChI=1S/C20H22N2O4/c1-12-5-6-17(13(2)7-12)22(4)10-20(24)21-16-9-19-18(25-11-26-19)8-15(16)14(3)23/h5-9H,10-11H2,1-4H3,(H,21,24). The van der Waals surface area contributed by atoms with Crippen LogP contribution in [0.3, 0.4) is 0 Å². The van der Waals surface area contributed by atoms with Crippen molar-refractivity contribution in [2.24, 2.45) is 0 Å². The number of rotatable bonds is 5. The molecular weight excluding hydrogens is 332 g/mol. The van der Waals surface area contributed by atoms with Crippen molar-refractivity contribution in [2.75, 3.05) is 30.6 Å². The summed E-state index contributed by atoms with van der Waals surface area (Å²) in [6.45, 7) is 5.78. The number of hydrogen-bond acceptors (Lipinski definition) is 5. The minimum atomic E-state index is -0.214. The maximum absolute atomic E-state index is 12.5. The fourth-order valence-corrected chi connectivity index (χ4v) is 3.06. The lowest BCUT2D eigenvalue weighted by molar-refractivity contribution is -0.114. The molecule has 0 aromatic heterocycles. The van der Waals surface area contributed by atoms with E-state index in [4.69, 9.17) is 9.47 Å². The fourth-order valence-electron chi connectivity index (χ4n) is 3.06. The van der Waals surface area contributed by atoms with Crippen LogP contribution in [-0.2, 0) is 4.79 Å². The number of hydrogen-bond donors (Lipinski definition) is 1. The molecule has 2 aromatic rings. The molecule has 0 aliphatic carbocycles. The Morgan fingerprint density at radius 3 is 2.46 bits per heavy atom. The summed E-state index contributed by atoms with van der Waals surface area (Å²) in [5.41, 5.74) is 4.10. The van der Waals surface area contributed by atoms with Gasteiger partial charge in [0.2, 0.25) is 12.7 Å². The second-order valence-electron chi connectivity index (χ2n) is 6.50. The van der Waals surface area contributed by atoms with E-state index in [1.165, 1.54) is 12.5 Å². The van der Waals surface area contributed by atoms with Gasteiger partial charge in [0.25, 0.3) is 0 Å². The Labute approximate surface area is 152 Å². The Morgan fingerprint density at radius 2 is 1.81 bits per heavy atom. The Bertz CT molecular complexity index is 876. The molecule has 1 amide bonds. The number of fused-ring (bicyclic) bond motifs is 1. The largest absolute Gasteiger partial charge is 0.454 e. The molecule has 0 radical (unpaired) electrons. The Kier molecular flexibility index (Phi) is 4.84. The Balaban J connectivity index is 1.76. The van der Waals surface area contributed by atoms with Gasteiger partial charge in [0, 0.05) is 24.4 Å². The van der Waals surface area contributed by atoms with Crippen molar-refractivity contribution in [3.05, 3.63) is 47.0 Å². The van der Waals surface area contributed by atoms with E-state index >= 15 is 0 Å². The van der Waals surface area contributed by atoms with Gasteiger partial charge in [0.05, 0.1) is 12.2 Å². The van der Waals surface area contributed by atoms with Crippen LogP contribution in [0, 0.1) is 13.8 Å². The third-order valence-corrected chi connectivity index (χ3v) is 4.31. The molecule has 1 heterocycles. The third kappa shape index (κ3) is 3.64. The van der Waals surface area contributed by atoms with E-state index < -0.39 is 0 Å². The van der Waals surface area contributed by atoms with Gasteiger partial charge < -0.3 is 19.7 Å². The van der Waals surface area contributed by atoms with Crippen LogP contribution in [-0.4, -0.2) is 32.1 Å². The predicted octanol–water partition coefficient (Wildman–Crippen LogP) is 3.31. The third-order valence-electron chi connectivity index (χ3n) is 4.31. The number of anilines is 2. The van der Waals surface area contributed by atoms with Crippen LogP contribution in [0.1, 0.15) is 28.4 Å². The normalized spacial score (nSPS) is 12.0. The summed E-state index contributed by atoms with van der Waals surface area (Å²) in [4.78, 5) is 26.3. The zero-order valence-corrected chi connectivity index (χ0v) is 15.4. The monoisotopic (exact) mass is 354 g/mol. The van der Waals surface area contributed by atoms with Gasteiger partial charge in [-0.25, -0.2) is 0 Å². The molecule has 1 N–H and O–H groups in total. The van der Waals surface area contributed by atoms with Crippen molar-refractivity contribution in [3.63, 3.8) is 0 Å². The number of ether oxygens (including phenoxy) is 2. The van der Waals surface area contributed by atoms with Gasteiger partial charge in [-0.1, -0.05) is 17.7 Å². The van der Waals surface area contributed by atoms with Crippen molar-refractivity contribution in [1.82, 2.24) is 0 Å². The van der Waals surface area contributed by atoms with Crippen molar-refractivity contribution in [3.8, 4) is 11.5 Å². The molecule has 0 fully saturated rings. The number of aryl methyl sites for hydroxylation is 2. The molecule has 0 spiro atoms. The smallest absolute Gasteiger partial charge is 0.243 e. The zero-order chi connectivity index (χ0) is 18.8. The summed E-state index contributed by atoms with van der Waals surface area (Å²) in [5.74, 6) is 0.670. The van der Waals surface area contributed by atoms with Gasteiger partial charge in [-0.2, -0.15) is 0 Å². The summed E-state index contributed by atoms with van der Waals surface area (Å²) in [7, 11) is 1.86. The first kappa shape index (κ1) is 17.8. The van der Waals surface area contributed by atoms with Crippen LogP contribution < -0.4 is 19.7 Å². The number of likely N-dealkylation sites (N-methyl/N-ethyl adjacent to an activating group) is 1. The SMILES string of the molecule is CC(=O)c1cc2c(cc1NC(=O)CN(C)c1ccc(C)cc1C)OCO2. The molecule has 136 valence electrons. The highest BCUT2D eigenvalue weighted by atomic mass is 16.7. The van der Waals surface area contributed by atoms with Gasteiger partial charge in [0.1, 0.15) is 0 Å². The van der Waals surface area contributed by atoms with Crippen LogP contribution in [0.15, 0.2) is 30.3 Å². The average molecular weight is 354 g/mol. The molecule has 1 aliphatic heterocycles. The van der Waals surface area contributed by atoms with Gasteiger partial charge in [0.15, 0.2) is 17.3 Å². The summed E-state index contributed by atoms with van der Waals surface area (Å²) in [5, 5.41) is 2.82. The maximum atomic E-state index is 12.5. The molecule has 3 rings (SSSR count). The van der Waals surface area contributed by atoms with Crippen molar-refractivity contribution in [2.45, 2.75) is 20.8 Å². The molecule has 0 unspecified atom stereocenters. The van der Waals surface area contributed by atoms with Crippen LogP contribution in [0.2, 0.25) is 0 Å². The molecule has 2 aromatic carbocycles. The quantitative estimate of drug-likeness (QED) is 0.835. The van der Waals surface area contributed by atoms with E-state index in [2.05, 4.69) is 11.4 Å². The van der Waals surface area contributed by atoms with E-state index in [0.29, 0.717) is 22.7 Å². The molecule has 26 heavy (non-hydrogen) atoms. The fraction of sp³-hybridized carbons (Fsp3) is 0.300. The molecule has 0 bridgehead atoms. The molecule has 0 saturated carbocycles. The lowest BCUT2D eigenvalue weighted by Gasteiger charge is -2.21. The van der Waals surface area contributed by atoms with Crippen molar-refractivity contribution >= 4 is 23.1 Å². The van der Waals surface area contributed by atoms with Crippen LogP contribution in [0.25, 0.3) is 0 Å². The van der Waals surface area contributed by atoms with E-state index in [0.717, 1.165) is 11.3 Å². The zero-order valence-electron chi connectivity index (χ0n) is 15.4. The number of Topliss-reactive ketones (excluding diaryl/α,β-unsaturated/α-hetero) is 1. The topological polar surface area (TPSA) is 67.9 Å². The molecule has 6 nitrogen and oxygen atoms in total. The van der Waals surface area contributed by atoms with E-state index in [1.807, 2.05) is 37.9 Å². The Morgan fingerprint density at radius 1 is 1.12 bits per heavy atom. The van der Waals surface area contributed by atoms with E-state index in [-0.39, 0.29) is 25.0 Å². The second-order valence-corrected chi connectivity index (χ2v) is 6.50. The number of carbonyl (C=O) groups excluding carboxylic acids is 2. The summed E-state index contributed by atoms with van der Waals surface area (Å²) < 4.78 is 10.6. The molecule has 0 saturated heterocycles. The first-order chi connectivity index (χ1) is 12.3. The predicted molar refractivity (Wildman–Crippen MR) is 100 cm³/mol. The first-order valence-corrected chi connectivity index (χ1v) is 8.38. The highest BCUT2D eigenvalue weighted by molar-refractivity contribution is 6.05. The molecule has 0 atom stereocenters. The van der Waals surface area contributed by atoms with Crippen LogP contribution in [0.4, 0.5) is 11.4 Å². The number of carbonyl (C=O) groups is 2. The van der Waals surface area contributed by atoms with Crippen LogP contribution >= 0.6 is 0 Å². The minimum Gasteiger partial charge on any atom is -0.454 e. The van der Waals surface area contributed by atoms with Crippen molar-refractivity contribution < 1.29 is 19.1 Å². The highest BCUT2D eigenvalue weighted by Gasteiger charge is 2.21. The van der Waals surface area contributed by atoms with Gasteiger partial charge >= 0.3 is 0 Å². The molecule has 6 heteroatoms. The minimum absolute atomic E-state index is 0.111. The highest BCUT2D eigenvalue weighted by Crippen LogP contribution is 2.37. The maximum Gasteiger partial charge on any atom is 0.243 e. The second kappa shape index (κ2) is 7.07. The van der Waals surface area contributed by atoms with Gasteiger partial charge in [-0.05, 0) is 38.5 Å². The van der Waals surface area contributed by atoms with E-state index in [9.17, 15) is 9.59 Å². The number of amides is 1. The summed E-state index contributed by atoms with van der Waals surface area (Å²) >= 11 is 0. The lowest BCUT2D eigenvalue weighted by atomic mass is 10.1. The number of benzene rings is 2. The average Bonchev–Trinajstić information content (AvgIpc) is 3.00. The lowest BCUT2D eigenvalue weighted by Crippen LogP contribution is -2.30. The summed E-state index contributed by atoms with van der Waals surface area (Å²) in [6.07, 6.45) is 0.